The lowest BCUT2D eigenvalue weighted by atomic mass is 10.1. The number of halogens is 3. The van der Waals surface area contributed by atoms with Crippen molar-refractivity contribution in [2.75, 3.05) is 36.4 Å². The number of carbonyl (C=O) groups is 2. The summed E-state index contributed by atoms with van der Waals surface area (Å²) in [5.41, 5.74) is 1.03. The predicted octanol–water partition coefficient (Wildman–Crippen LogP) is 3.80. The number of amides is 2. The van der Waals surface area contributed by atoms with Gasteiger partial charge in [-0.1, -0.05) is 12.1 Å². The average Bonchev–Trinajstić information content (AvgIpc) is 2.79. The molecule has 0 aliphatic carbocycles. The molecule has 2 aliphatic rings. The van der Waals surface area contributed by atoms with Crippen molar-refractivity contribution in [1.29, 1.82) is 0 Å². The van der Waals surface area contributed by atoms with Gasteiger partial charge in [0.15, 0.2) is 6.10 Å². The van der Waals surface area contributed by atoms with Crippen LogP contribution in [0.15, 0.2) is 48.5 Å². The fourth-order valence-corrected chi connectivity index (χ4v) is 4.02. The zero-order valence-electron chi connectivity index (χ0n) is 17.8. The van der Waals surface area contributed by atoms with Crippen molar-refractivity contribution in [1.82, 2.24) is 4.90 Å². The molecule has 0 radical (unpaired) electrons. The van der Waals surface area contributed by atoms with E-state index in [2.05, 4.69) is 10.1 Å². The number of nitrogens with zero attached hydrogens (tertiary/aromatic N) is 2. The molecule has 0 saturated carbocycles. The highest BCUT2D eigenvalue weighted by molar-refractivity contribution is 5.95. The number of likely N-dealkylation sites (tertiary alicyclic amines) is 1. The summed E-state index contributed by atoms with van der Waals surface area (Å²) in [7, 11) is 0. The van der Waals surface area contributed by atoms with Crippen molar-refractivity contribution in [3.63, 3.8) is 0 Å². The van der Waals surface area contributed by atoms with Gasteiger partial charge < -0.3 is 24.6 Å². The molecule has 1 N–H and O–H groups in total. The Hall–Kier alpha value is -3.43. The standard InChI is InChI=1S/C23H24F3N3O4/c24-23(25,26)33-17-10-8-16(9-11-17)27-21(30)15-29-14-20(22(31)28-12-4-1-5-13-28)32-19-7-3-2-6-18(19)29/h2-3,6-11,20H,1,4-5,12-15H2,(H,27,30)/t20-/m0/s1. The number of ether oxygens (including phenoxy) is 2. The summed E-state index contributed by atoms with van der Waals surface area (Å²) in [6.07, 6.45) is -2.46. The van der Waals surface area contributed by atoms with Gasteiger partial charge in [0.1, 0.15) is 11.5 Å². The van der Waals surface area contributed by atoms with E-state index in [1.165, 1.54) is 12.1 Å². The highest BCUT2D eigenvalue weighted by Crippen LogP contribution is 2.33. The van der Waals surface area contributed by atoms with Crippen LogP contribution in [-0.2, 0) is 9.59 Å². The van der Waals surface area contributed by atoms with Crippen LogP contribution in [0.5, 0.6) is 11.5 Å². The number of alkyl halides is 3. The topological polar surface area (TPSA) is 71.1 Å². The van der Waals surface area contributed by atoms with Gasteiger partial charge in [0.25, 0.3) is 5.91 Å². The molecule has 2 heterocycles. The number of hydrogen-bond donors (Lipinski definition) is 1. The van der Waals surface area contributed by atoms with Gasteiger partial charge in [0.2, 0.25) is 5.91 Å². The summed E-state index contributed by atoms with van der Waals surface area (Å²) in [4.78, 5) is 29.3. The van der Waals surface area contributed by atoms with Crippen molar-refractivity contribution in [3.05, 3.63) is 48.5 Å². The van der Waals surface area contributed by atoms with Crippen LogP contribution in [-0.4, -0.2) is 55.4 Å². The molecule has 176 valence electrons. The average molecular weight is 463 g/mol. The molecule has 2 aromatic rings. The van der Waals surface area contributed by atoms with Crippen molar-refractivity contribution in [2.45, 2.75) is 31.7 Å². The third-order valence-corrected chi connectivity index (χ3v) is 5.51. The maximum absolute atomic E-state index is 13.0. The Morgan fingerprint density at radius 2 is 1.73 bits per heavy atom. The van der Waals surface area contributed by atoms with Gasteiger partial charge in [0, 0.05) is 18.8 Å². The Kier molecular flexibility index (Phi) is 6.62. The number of piperidine rings is 1. The summed E-state index contributed by atoms with van der Waals surface area (Å²) in [5, 5.41) is 2.66. The van der Waals surface area contributed by atoms with Gasteiger partial charge in [0.05, 0.1) is 18.8 Å². The molecule has 1 saturated heterocycles. The largest absolute Gasteiger partial charge is 0.573 e. The first-order chi connectivity index (χ1) is 15.8. The van der Waals surface area contributed by atoms with E-state index in [0.29, 0.717) is 30.2 Å². The highest BCUT2D eigenvalue weighted by Gasteiger charge is 2.34. The fraction of sp³-hybridized carbons (Fsp3) is 0.391. The molecule has 2 amide bonds. The molecule has 0 unspecified atom stereocenters. The van der Waals surface area contributed by atoms with Gasteiger partial charge in [-0.15, -0.1) is 13.2 Å². The van der Waals surface area contributed by atoms with E-state index in [0.717, 1.165) is 31.4 Å². The lowest BCUT2D eigenvalue weighted by molar-refractivity contribution is -0.274. The van der Waals surface area contributed by atoms with Gasteiger partial charge in [-0.3, -0.25) is 9.59 Å². The SMILES string of the molecule is O=C(CN1C[C@@H](C(=O)N2CCCCC2)Oc2ccccc21)Nc1ccc(OC(F)(F)F)cc1. The number of rotatable bonds is 5. The Bertz CT molecular complexity index is 991. The van der Waals surface area contributed by atoms with E-state index in [9.17, 15) is 22.8 Å². The van der Waals surface area contributed by atoms with E-state index in [1.54, 1.807) is 17.0 Å². The van der Waals surface area contributed by atoms with E-state index in [1.807, 2.05) is 17.0 Å². The summed E-state index contributed by atoms with van der Waals surface area (Å²) in [5.74, 6) is -0.308. The molecule has 7 nitrogen and oxygen atoms in total. The normalized spacial score (nSPS) is 18.2. The first-order valence-corrected chi connectivity index (χ1v) is 10.7. The summed E-state index contributed by atoms with van der Waals surface area (Å²) in [6.45, 7) is 1.58. The number of benzene rings is 2. The summed E-state index contributed by atoms with van der Waals surface area (Å²) >= 11 is 0. The minimum Gasteiger partial charge on any atom is -0.477 e. The van der Waals surface area contributed by atoms with Crippen molar-refractivity contribution in [2.24, 2.45) is 0 Å². The molecule has 2 aromatic carbocycles. The molecular formula is C23H24F3N3O4. The second kappa shape index (κ2) is 9.60. The zero-order valence-corrected chi connectivity index (χ0v) is 17.8. The van der Waals surface area contributed by atoms with Crippen LogP contribution in [0.25, 0.3) is 0 Å². The molecule has 0 spiro atoms. The minimum absolute atomic E-state index is 0.0506. The maximum Gasteiger partial charge on any atom is 0.573 e. The summed E-state index contributed by atoms with van der Waals surface area (Å²) < 4.78 is 46.7. The third kappa shape index (κ3) is 5.88. The van der Waals surface area contributed by atoms with Gasteiger partial charge in [-0.05, 0) is 55.7 Å². The molecule has 10 heteroatoms. The lowest BCUT2D eigenvalue weighted by Crippen LogP contribution is -2.52. The van der Waals surface area contributed by atoms with Crippen LogP contribution < -0.4 is 19.7 Å². The predicted molar refractivity (Wildman–Crippen MR) is 115 cm³/mol. The van der Waals surface area contributed by atoms with E-state index < -0.39 is 12.5 Å². The number of fused-ring (bicyclic) bond motifs is 1. The molecule has 1 atom stereocenters. The van der Waals surface area contributed by atoms with E-state index in [-0.39, 0.29) is 30.7 Å². The zero-order chi connectivity index (χ0) is 23.4. The van der Waals surface area contributed by atoms with Crippen LogP contribution in [0.2, 0.25) is 0 Å². The van der Waals surface area contributed by atoms with Crippen molar-refractivity contribution >= 4 is 23.2 Å². The van der Waals surface area contributed by atoms with Crippen molar-refractivity contribution < 1.29 is 32.2 Å². The second-order valence-electron chi connectivity index (χ2n) is 7.96. The monoisotopic (exact) mass is 463 g/mol. The van der Waals surface area contributed by atoms with Crippen LogP contribution in [0.3, 0.4) is 0 Å². The van der Waals surface area contributed by atoms with Crippen LogP contribution in [0.4, 0.5) is 24.5 Å². The Labute approximate surface area is 189 Å². The van der Waals surface area contributed by atoms with Gasteiger partial charge in [-0.25, -0.2) is 0 Å². The molecule has 2 aliphatic heterocycles. The second-order valence-corrected chi connectivity index (χ2v) is 7.96. The molecule has 1 fully saturated rings. The highest BCUT2D eigenvalue weighted by atomic mass is 19.4. The quantitative estimate of drug-likeness (QED) is 0.731. The molecular weight excluding hydrogens is 439 g/mol. The number of nitrogens with one attached hydrogen (secondary N) is 1. The van der Waals surface area contributed by atoms with Gasteiger partial charge >= 0.3 is 6.36 Å². The fourth-order valence-electron chi connectivity index (χ4n) is 4.02. The van der Waals surface area contributed by atoms with Gasteiger partial charge in [-0.2, -0.15) is 0 Å². The Balaban J connectivity index is 1.42. The van der Waals surface area contributed by atoms with Crippen LogP contribution >= 0.6 is 0 Å². The number of para-hydroxylation sites is 2. The first kappa shape index (κ1) is 22.8. The molecule has 4 rings (SSSR count). The molecule has 33 heavy (non-hydrogen) atoms. The Morgan fingerprint density at radius 3 is 2.42 bits per heavy atom. The van der Waals surface area contributed by atoms with E-state index in [4.69, 9.17) is 4.74 Å². The minimum atomic E-state index is -4.78. The first-order valence-electron chi connectivity index (χ1n) is 10.7. The van der Waals surface area contributed by atoms with Crippen LogP contribution in [0.1, 0.15) is 19.3 Å². The Morgan fingerprint density at radius 1 is 1.03 bits per heavy atom. The number of carbonyl (C=O) groups excluding carboxylic acids is 2. The molecule has 0 aromatic heterocycles. The third-order valence-electron chi connectivity index (χ3n) is 5.51. The number of hydrogen-bond acceptors (Lipinski definition) is 5. The summed E-state index contributed by atoms with van der Waals surface area (Å²) in [6, 6.07) is 12.1. The lowest BCUT2D eigenvalue weighted by Gasteiger charge is -2.38. The smallest absolute Gasteiger partial charge is 0.477 e. The van der Waals surface area contributed by atoms with Crippen LogP contribution in [0, 0.1) is 0 Å². The molecule has 0 bridgehead atoms. The van der Waals surface area contributed by atoms with Crippen molar-refractivity contribution in [3.8, 4) is 11.5 Å². The number of anilines is 2. The maximum atomic E-state index is 13.0. The van der Waals surface area contributed by atoms with E-state index >= 15 is 0 Å².